The predicted octanol–water partition coefficient (Wildman–Crippen LogP) is 2.22. The summed E-state index contributed by atoms with van der Waals surface area (Å²) in [6, 6.07) is 3.68. The number of rotatable bonds is 3. The van der Waals surface area contributed by atoms with Crippen LogP contribution in [0.4, 0.5) is 4.39 Å². The molecule has 19 heavy (non-hydrogen) atoms. The maximum Gasteiger partial charge on any atom is 0.258 e. The van der Waals surface area contributed by atoms with E-state index in [0.717, 1.165) is 31.7 Å². The second-order valence-electron chi connectivity index (χ2n) is 4.77. The van der Waals surface area contributed by atoms with Gasteiger partial charge >= 0.3 is 0 Å². The number of carbonyl (C=O) groups is 1. The summed E-state index contributed by atoms with van der Waals surface area (Å²) in [4.78, 5) is 12.0. The zero-order chi connectivity index (χ0) is 13.8. The van der Waals surface area contributed by atoms with Crippen molar-refractivity contribution in [3.05, 3.63) is 29.6 Å². The smallest absolute Gasteiger partial charge is 0.258 e. The molecule has 1 saturated carbocycles. The molecule has 1 amide bonds. The van der Waals surface area contributed by atoms with E-state index in [9.17, 15) is 14.3 Å². The minimum absolute atomic E-state index is 0.0494. The van der Waals surface area contributed by atoms with Gasteiger partial charge in [0.05, 0.1) is 12.1 Å². The van der Waals surface area contributed by atoms with Crippen LogP contribution in [0.3, 0.4) is 0 Å². The van der Waals surface area contributed by atoms with Crippen LogP contribution in [0.2, 0.25) is 0 Å². The van der Waals surface area contributed by atoms with Crippen LogP contribution in [0.5, 0.6) is 5.75 Å². The van der Waals surface area contributed by atoms with Crippen molar-refractivity contribution in [3.8, 4) is 5.75 Å². The number of carbonyl (C=O) groups excluding carboxylic acids is 1. The fraction of sp³-hybridized carbons (Fsp3) is 0.500. The molecule has 1 fully saturated rings. The van der Waals surface area contributed by atoms with Crippen LogP contribution in [0, 0.1) is 5.82 Å². The molecule has 2 rings (SSSR count). The van der Waals surface area contributed by atoms with Crippen LogP contribution in [0.25, 0.3) is 0 Å². The molecule has 1 aromatic rings. The highest BCUT2D eigenvalue weighted by atomic mass is 19.1. The van der Waals surface area contributed by atoms with Crippen LogP contribution < -0.4 is 5.32 Å². The van der Waals surface area contributed by atoms with Crippen molar-refractivity contribution < 1.29 is 19.0 Å². The Morgan fingerprint density at radius 2 is 2.16 bits per heavy atom. The van der Waals surface area contributed by atoms with Crippen molar-refractivity contribution in [2.75, 3.05) is 7.11 Å². The normalized spacial score (nSPS) is 23.1. The Morgan fingerprint density at radius 1 is 1.42 bits per heavy atom. The topological polar surface area (TPSA) is 58.6 Å². The number of methoxy groups -OCH3 is 1. The van der Waals surface area contributed by atoms with Crippen molar-refractivity contribution in [1.29, 1.82) is 0 Å². The summed E-state index contributed by atoms with van der Waals surface area (Å²) < 4.78 is 18.9. The third-order valence-corrected chi connectivity index (χ3v) is 3.54. The number of phenols is 1. The molecule has 5 heteroatoms. The molecule has 0 heterocycles. The average molecular weight is 267 g/mol. The fourth-order valence-electron chi connectivity index (χ4n) is 2.52. The highest BCUT2D eigenvalue weighted by Gasteiger charge is 2.28. The van der Waals surface area contributed by atoms with Gasteiger partial charge in [0.2, 0.25) is 0 Å². The van der Waals surface area contributed by atoms with E-state index in [1.54, 1.807) is 7.11 Å². The zero-order valence-electron chi connectivity index (χ0n) is 10.9. The van der Waals surface area contributed by atoms with Crippen molar-refractivity contribution in [1.82, 2.24) is 5.32 Å². The zero-order valence-corrected chi connectivity index (χ0v) is 10.9. The van der Waals surface area contributed by atoms with E-state index in [1.807, 2.05) is 0 Å². The van der Waals surface area contributed by atoms with Crippen LogP contribution in [-0.4, -0.2) is 30.3 Å². The van der Waals surface area contributed by atoms with Crippen LogP contribution >= 0.6 is 0 Å². The maximum atomic E-state index is 13.6. The lowest BCUT2D eigenvalue weighted by Gasteiger charge is -2.31. The van der Waals surface area contributed by atoms with Crippen molar-refractivity contribution in [2.24, 2.45) is 0 Å². The van der Waals surface area contributed by atoms with Gasteiger partial charge in [-0.15, -0.1) is 0 Å². The second-order valence-corrected chi connectivity index (χ2v) is 4.77. The van der Waals surface area contributed by atoms with Gasteiger partial charge in [0.1, 0.15) is 17.1 Å². The molecule has 1 aliphatic carbocycles. The number of nitrogens with one attached hydrogen (secondary N) is 1. The molecule has 2 N–H and O–H groups in total. The number of amides is 1. The van der Waals surface area contributed by atoms with Gasteiger partial charge in [-0.25, -0.2) is 4.39 Å². The van der Waals surface area contributed by atoms with Crippen LogP contribution in [-0.2, 0) is 4.74 Å². The predicted molar refractivity (Wildman–Crippen MR) is 68.6 cm³/mol. The van der Waals surface area contributed by atoms with E-state index >= 15 is 0 Å². The number of benzene rings is 1. The van der Waals surface area contributed by atoms with Crippen molar-refractivity contribution >= 4 is 5.91 Å². The van der Waals surface area contributed by atoms with E-state index in [4.69, 9.17) is 4.74 Å². The quantitative estimate of drug-likeness (QED) is 0.882. The summed E-state index contributed by atoms with van der Waals surface area (Å²) in [6.45, 7) is 0. The lowest BCUT2D eigenvalue weighted by Crippen LogP contribution is -2.46. The van der Waals surface area contributed by atoms with Gasteiger partial charge < -0.3 is 15.2 Å². The number of halogens is 1. The first-order chi connectivity index (χ1) is 9.13. The Morgan fingerprint density at radius 3 is 2.84 bits per heavy atom. The molecule has 0 aliphatic heterocycles. The van der Waals surface area contributed by atoms with Gasteiger partial charge in [-0.2, -0.15) is 0 Å². The molecule has 0 saturated heterocycles. The van der Waals surface area contributed by atoms with Crippen molar-refractivity contribution in [2.45, 2.75) is 37.8 Å². The fourth-order valence-corrected chi connectivity index (χ4v) is 2.52. The molecule has 0 unspecified atom stereocenters. The monoisotopic (exact) mass is 267 g/mol. The molecule has 0 spiro atoms. The van der Waals surface area contributed by atoms with Gasteiger partial charge in [0, 0.05) is 7.11 Å². The minimum Gasteiger partial charge on any atom is -0.507 e. The molecule has 0 bridgehead atoms. The van der Waals surface area contributed by atoms with Crippen molar-refractivity contribution in [3.63, 3.8) is 0 Å². The van der Waals surface area contributed by atoms with E-state index in [2.05, 4.69) is 5.32 Å². The Balaban J connectivity index is 2.12. The third-order valence-electron chi connectivity index (χ3n) is 3.54. The first-order valence-electron chi connectivity index (χ1n) is 6.44. The van der Waals surface area contributed by atoms with Gasteiger partial charge in [0.15, 0.2) is 0 Å². The Bertz CT molecular complexity index is 444. The molecular weight excluding hydrogens is 249 g/mol. The summed E-state index contributed by atoms with van der Waals surface area (Å²) in [5.74, 6) is -1.66. The molecule has 104 valence electrons. The first kappa shape index (κ1) is 13.8. The highest BCUT2D eigenvalue weighted by molar-refractivity contribution is 5.97. The summed E-state index contributed by atoms with van der Waals surface area (Å²) in [6.07, 6.45) is 3.71. The van der Waals surface area contributed by atoms with Gasteiger partial charge in [0.25, 0.3) is 5.91 Å². The van der Waals surface area contributed by atoms with Gasteiger partial charge in [-0.1, -0.05) is 18.9 Å². The summed E-state index contributed by atoms with van der Waals surface area (Å²) in [5.41, 5.74) is -0.303. The molecule has 4 nitrogen and oxygen atoms in total. The molecular formula is C14H18FNO3. The molecule has 0 aromatic heterocycles. The average Bonchev–Trinajstić information content (AvgIpc) is 2.39. The van der Waals surface area contributed by atoms with E-state index in [-0.39, 0.29) is 23.5 Å². The number of ether oxygens (including phenoxy) is 1. The van der Waals surface area contributed by atoms with E-state index in [0.29, 0.717) is 0 Å². The van der Waals surface area contributed by atoms with E-state index in [1.165, 1.54) is 12.1 Å². The molecule has 1 aromatic carbocycles. The van der Waals surface area contributed by atoms with Gasteiger partial charge in [-0.05, 0) is 25.0 Å². The molecule has 1 aliphatic rings. The Kier molecular flexibility index (Phi) is 4.37. The largest absolute Gasteiger partial charge is 0.507 e. The van der Waals surface area contributed by atoms with Crippen LogP contribution in [0.15, 0.2) is 18.2 Å². The van der Waals surface area contributed by atoms with Crippen LogP contribution in [0.1, 0.15) is 36.0 Å². The third kappa shape index (κ3) is 3.04. The summed E-state index contributed by atoms with van der Waals surface area (Å²) in [5, 5.41) is 12.3. The first-order valence-corrected chi connectivity index (χ1v) is 6.44. The summed E-state index contributed by atoms with van der Waals surface area (Å²) in [7, 11) is 1.61. The molecule has 0 radical (unpaired) electrons. The summed E-state index contributed by atoms with van der Waals surface area (Å²) >= 11 is 0. The lowest BCUT2D eigenvalue weighted by molar-refractivity contribution is 0.0391. The number of phenolic OH excluding ortho intramolecular Hbond substituents is 1. The second kappa shape index (κ2) is 6.02. The number of hydrogen-bond acceptors (Lipinski definition) is 3. The minimum atomic E-state index is -0.720. The molecule has 2 atom stereocenters. The highest BCUT2D eigenvalue weighted by Crippen LogP contribution is 2.23. The number of hydrogen-bond donors (Lipinski definition) is 2. The van der Waals surface area contributed by atoms with E-state index < -0.39 is 11.7 Å². The van der Waals surface area contributed by atoms with Gasteiger partial charge in [-0.3, -0.25) is 4.79 Å². The Labute approximate surface area is 111 Å². The Hall–Kier alpha value is -1.62. The SMILES string of the molecule is CO[C@H]1CCCC[C@H]1NC(=O)c1c(O)cccc1F. The maximum absolute atomic E-state index is 13.6. The standard InChI is InChI=1S/C14H18FNO3/c1-19-12-8-3-2-6-10(12)16-14(18)13-9(15)5-4-7-11(13)17/h4-5,7,10,12,17H,2-3,6,8H2,1H3,(H,16,18)/t10-,12+/m1/s1. The lowest BCUT2D eigenvalue weighted by atomic mass is 9.92. The number of aromatic hydroxyl groups is 1.